The van der Waals surface area contributed by atoms with E-state index in [1.807, 2.05) is 37.3 Å². The molecule has 0 unspecified atom stereocenters. The number of hydrogen-bond donors (Lipinski definition) is 3. The Kier molecular flexibility index (Phi) is 5.92. The van der Waals surface area contributed by atoms with Crippen LogP contribution in [0.5, 0.6) is 0 Å². The van der Waals surface area contributed by atoms with Crippen LogP contribution in [0.15, 0.2) is 91.4 Å². The van der Waals surface area contributed by atoms with E-state index in [-0.39, 0.29) is 5.82 Å². The SMILES string of the molecule is C=C/C(=C\C(=C/C)c1ccc2[nH]nc(-c3nc4nccc(-c5ccc(F)cc5)c4[nH]3)c2n1)NC(=C)C1CC1. The first-order chi connectivity index (χ1) is 18.5. The fourth-order valence-electron chi connectivity index (χ4n) is 4.46. The molecule has 5 aromatic rings. The number of rotatable bonds is 8. The summed E-state index contributed by atoms with van der Waals surface area (Å²) in [6.07, 6.45) is 9.87. The molecule has 1 aliphatic rings. The van der Waals surface area contributed by atoms with Crippen molar-refractivity contribution >= 4 is 27.8 Å². The minimum Gasteiger partial charge on any atom is -0.359 e. The Balaban J connectivity index is 1.38. The van der Waals surface area contributed by atoms with E-state index in [9.17, 15) is 4.39 Å². The Morgan fingerprint density at radius 3 is 2.66 bits per heavy atom. The topological polar surface area (TPSA) is 95.2 Å². The maximum atomic E-state index is 13.5. The molecule has 1 aliphatic carbocycles. The van der Waals surface area contributed by atoms with Crippen LogP contribution in [0, 0.1) is 11.7 Å². The third kappa shape index (κ3) is 4.41. The number of fused-ring (bicyclic) bond motifs is 2. The number of allylic oxidation sites excluding steroid dienone is 5. The maximum absolute atomic E-state index is 13.5. The number of halogens is 1. The van der Waals surface area contributed by atoms with E-state index in [0.29, 0.717) is 28.6 Å². The molecule has 0 amide bonds. The van der Waals surface area contributed by atoms with Gasteiger partial charge in [0.25, 0.3) is 0 Å². The monoisotopic (exact) mass is 503 g/mol. The molecule has 1 aromatic carbocycles. The van der Waals surface area contributed by atoms with Crippen LogP contribution in [-0.2, 0) is 0 Å². The molecule has 3 N–H and O–H groups in total. The molecular formula is C30H26FN7. The van der Waals surface area contributed by atoms with Crippen molar-refractivity contribution in [1.82, 2.24) is 35.5 Å². The fraction of sp³-hybridized carbons (Fsp3) is 0.133. The summed E-state index contributed by atoms with van der Waals surface area (Å²) in [7, 11) is 0. The zero-order chi connectivity index (χ0) is 26.2. The van der Waals surface area contributed by atoms with E-state index in [1.54, 1.807) is 24.4 Å². The Labute approximate surface area is 219 Å². The first-order valence-corrected chi connectivity index (χ1v) is 12.5. The Morgan fingerprint density at radius 2 is 1.92 bits per heavy atom. The first-order valence-electron chi connectivity index (χ1n) is 12.5. The van der Waals surface area contributed by atoms with Gasteiger partial charge in [0, 0.05) is 23.2 Å². The van der Waals surface area contributed by atoms with Crippen molar-refractivity contribution in [2.75, 3.05) is 0 Å². The van der Waals surface area contributed by atoms with Crippen LogP contribution in [0.1, 0.15) is 25.5 Å². The number of nitrogens with zero attached hydrogens (tertiary/aromatic N) is 4. The summed E-state index contributed by atoms with van der Waals surface area (Å²) in [4.78, 5) is 17.4. The number of pyridine rings is 2. The summed E-state index contributed by atoms with van der Waals surface area (Å²) >= 11 is 0. The molecule has 6 rings (SSSR count). The quantitative estimate of drug-likeness (QED) is 0.205. The molecular weight excluding hydrogens is 477 g/mol. The number of hydrogen-bond acceptors (Lipinski definition) is 5. The average Bonchev–Trinajstić information content (AvgIpc) is 3.57. The van der Waals surface area contributed by atoms with Gasteiger partial charge in [-0.15, -0.1) is 0 Å². The van der Waals surface area contributed by atoms with E-state index >= 15 is 0 Å². The van der Waals surface area contributed by atoms with E-state index < -0.39 is 0 Å². The molecule has 0 saturated heterocycles. The van der Waals surface area contributed by atoms with E-state index in [0.717, 1.165) is 44.8 Å². The van der Waals surface area contributed by atoms with Gasteiger partial charge < -0.3 is 10.3 Å². The molecule has 0 spiro atoms. The van der Waals surface area contributed by atoms with Crippen molar-refractivity contribution in [2.45, 2.75) is 19.8 Å². The van der Waals surface area contributed by atoms with Gasteiger partial charge >= 0.3 is 0 Å². The van der Waals surface area contributed by atoms with Crippen molar-refractivity contribution in [1.29, 1.82) is 0 Å². The van der Waals surface area contributed by atoms with Crippen molar-refractivity contribution in [2.24, 2.45) is 5.92 Å². The molecule has 38 heavy (non-hydrogen) atoms. The summed E-state index contributed by atoms with van der Waals surface area (Å²) in [6, 6.07) is 12.1. The first kappa shape index (κ1) is 23.5. The van der Waals surface area contributed by atoms with Crippen molar-refractivity contribution in [3.05, 3.63) is 103 Å². The number of imidazole rings is 1. The zero-order valence-corrected chi connectivity index (χ0v) is 20.9. The van der Waals surface area contributed by atoms with Gasteiger partial charge in [0.15, 0.2) is 17.2 Å². The highest BCUT2D eigenvalue weighted by atomic mass is 19.1. The fourth-order valence-corrected chi connectivity index (χ4v) is 4.46. The predicted molar refractivity (Wildman–Crippen MR) is 149 cm³/mol. The number of aromatic nitrogens is 6. The summed E-state index contributed by atoms with van der Waals surface area (Å²) in [6.45, 7) is 10.1. The average molecular weight is 504 g/mol. The molecule has 1 fully saturated rings. The second-order valence-corrected chi connectivity index (χ2v) is 9.29. The Hall–Kier alpha value is -4.85. The van der Waals surface area contributed by atoms with E-state index in [4.69, 9.17) is 9.97 Å². The molecule has 4 aromatic heterocycles. The summed E-state index contributed by atoms with van der Waals surface area (Å²) in [5, 5.41) is 11.0. The predicted octanol–water partition coefficient (Wildman–Crippen LogP) is 6.69. The van der Waals surface area contributed by atoms with Crippen molar-refractivity contribution < 1.29 is 4.39 Å². The van der Waals surface area contributed by atoms with E-state index in [2.05, 4.69) is 38.6 Å². The smallest absolute Gasteiger partial charge is 0.178 e. The van der Waals surface area contributed by atoms with Crippen LogP contribution >= 0.6 is 0 Å². The van der Waals surface area contributed by atoms with Crippen LogP contribution in [0.2, 0.25) is 0 Å². The number of H-pyrrole nitrogens is 2. The van der Waals surface area contributed by atoms with Gasteiger partial charge in [-0.2, -0.15) is 5.10 Å². The van der Waals surface area contributed by atoms with Crippen LogP contribution in [0.4, 0.5) is 4.39 Å². The van der Waals surface area contributed by atoms with Gasteiger partial charge in [-0.3, -0.25) is 5.10 Å². The molecule has 8 heteroatoms. The molecule has 188 valence electrons. The molecule has 7 nitrogen and oxygen atoms in total. The van der Waals surface area contributed by atoms with Gasteiger partial charge in [-0.25, -0.2) is 19.3 Å². The largest absolute Gasteiger partial charge is 0.359 e. The molecule has 0 radical (unpaired) electrons. The number of benzene rings is 1. The lowest BCUT2D eigenvalue weighted by Crippen LogP contribution is -2.11. The lowest BCUT2D eigenvalue weighted by molar-refractivity contribution is 0.628. The Morgan fingerprint density at radius 1 is 1.11 bits per heavy atom. The van der Waals surface area contributed by atoms with Crippen LogP contribution < -0.4 is 5.32 Å². The summed E-state index contributed by atoms with van der Waals surface area (Å²) < 4.78 is 13.5. The third-order valence-electron chi connectivity index (χ3n) is 6.69. The third-order valence-corrected chi connectivity index (χ3v) is 6.69. The number of aromatic amines is 2. The van der Waals surface area contributed by atoms with Gasteiger partial charge in [0.2, 0.25) is 0 Å². The van der Waals surface area contributed by atoms with Gasteiger partial charge in [0.1, 0.15) is 11.3 Å². The normalized spacial score (nSPS) is 14.3. The number of nitrogens with one attached hydrogen (secondary N) is 3. The van der Waals surface area contributed by atoms with Crippen molar-refractivity contribution in [3.8, 4) is 22.6 Å². The summed E-state index contributed by atoms with van der Waals surface area (Å²) in [5.41, 5.74) is 8.73. The minimum atomic E-state index is -0.284. The molecule has 0 atom stereocenters. The standard InChI is InChI=1S/C30H26FN7/c1-4-18(16-22(5-2)33-17(3)19-6-7-19)24-12-13-25-27(34-24)28(38-37-25)30-35-26-23(14-15-32-29(26)36-30)20-8-10-21(31)11-9-20/h4-5,8-16,19,33H,2-3,6-7H2,1H3,(H,37,38)(H,32,35,36)/b18-4+,22-16+. The minimum absolute atomic E-state index is 0.284. The zero-order valence-electron chi connectivity index (χ0n) is 20.9. The summed E-state index contributed by atoms with van der Waals surface area (Å²) in [5.74, 6) is 0.801. The molecule has 4 heterocycles. The van der Waals surface area contributed by atoms with Crippen LogP contribution in [-0.4, -0.2) is 30.1 Å². The second-order valence-electron chi connectivity index (χ2n) is 9.29. The van der Waals surface area contributed by atoms with Crippen LogP contribution in [0.3, 0.4) is 0 Å². The highest BCUT2D eigenvalue weighted by Crippen LogP contribution is 2.35. The maximum Gasteiger partial charge on any atom is 0.178 e. The highest BCUT2D eigenvalue weighted by molar-refractivity contribution is 5.95. The second kappa shape index (κ2) is 9.55. The Bertz CT molecular complexity index is 1750. The lowest BCUT2D eigenvalue weighted by Gasteiger charge is -2.11. The lowest BCUT2D eigenvalue weighted by atomic mass is 10.1. The molecule has 0 bridgehead atoms. The van der Waals surface area contributed by atoms with Crippen molar-refractivity contribution in [3.63, 3.8) is 0 Å². The van der Waals surface area contributed by atoms with E-state index in [1.165, 1.54) is 25.0 Å². The molecule has 0 aliphatic heterocycles. The van der Waals surface area contributed by atoms with Crippen LogP contribution in [0.25, 0.3) is 50.4 Å². The van der Waals surface area contributed by atoms with Gasteiger partial charge in [-0.1, -0.05) is 31.4 Å². The highest BCUT2D eigenvalue weighted by Gasteiger charge is 2.24. The van der Waals surface area contributed by atoms with Gasteiger partial charge in [-0.05, 0) is 79.3 Å². The van der Waals surface area contributed by atoms with Gasteiger partial charge in [0.05, 0.1) is 16.7 Å². The molecule has 1 saturated carbocycles.